The van der Waals surface area contributed by atoms with E-state index in [0.29, 0.717) is 0 Å². The number of benzene rings is 1. The van der Waals surface area contributed by atoms with E-state index < -0.39 is 15.8 Å². The third-order valence-corrected chi connectivity index (χ3v) is 3.54. The molecule has 1 aromatic carbocycles. The minimum Gasteiger partial charge on any atom is -0.478 e. The Labute approximate surface area is 106 Å². The van der Waals surface area contributed by atoms with Crippen molar-refractivity contribution in [2.45, 2.75) is 10.9 Å². The first-order chi connectivity index (χ1) is 8.34. The zero-order valence-electron chi connectivity index (χ0n) is 10.1. The Morgan fingerprint density at radius 1 is 1.33 bits per heavy atom. The summed E-state index contributed by atoms with van der Waals surface area (Å²) < 4.78 is 22.6. The maximum Gasteiger partial charge on any atom is 0.328 e. The smallest absolute Gasteiger partial charge is 0.328 e. The topological polar surface area (TPSA) is 83.5 Å². The number of hydrogen-bond donors (Lipinski definition) is 2. The van der Waals surface area contributed by atoms with Crippen LogP contribution in [0.2, 0.25) is 0 Å². The molecular formula is C12H15NO4S. The monoisotopic (exact) mass is 269 g/mol. The molecule has 1 rings (SSSR count). The van der Waals surface area contributed by atoms with Gasteiger partial charge in [-0.3, -0.25) is 0 Å². The summed E-state index contributed by atoms with van der Waals surface area (Å²) in [5.41, 5.74) is 0.794. The fraction of sp³-hybridized carbons (Fsp3) is 0.250. The first kappa shape index (κ1) is 14.4. The van der Waals surface area contributed by atoms with Gasteiger partial charge in [0.05, 0.1) is 10.9 Å². The van der Waals surface area contributed by atoms with Crippen LogP contribution in [0, 0.1) is 0 Å². The van der Waals surface area contributed by atoms with Gasteiger partial charge in [-0.05, 0) is 24.7 Å². The highest BCUT2D eigenvalue weighted by Gasteiger charge is 2.09. The van der Waals surface area contributed by atoms with Crippen molar-refractivity contribution in [3.8, 4) is 0 Å². The molecule has 0 fully saturated rings. The highest BCUT2D eigenvalue weighted by atomic mass is 32.2. The Bertz CT molecular complexity index is 546. The van der Waals surface area contributed by atoms with Gasteiger partial charge in [0.2, 0.25) is 0 Å². The minimum atomic E-state index is -3.21. The standard InChI is InChI=1S/C12H15NO4S/c1-13-11(7-8-12(14)15)9-3-5-10(6-4-9)18(2,16)17/h3-8,11,13H,1-2H3,(H,14,15)/b8-7+. The van der Waals surface area contributed by atoms with Gasteiger partial charge in [-0.25, -0.2) is 13.2 Å². The van der Waals surface area contributed by atoms with E-state index in [1.165, 1.54) is 18.2 Å². The van der Waals surface area contributed by atoms with Crippen molar-refractivity contribution in [2.24, 2.45) is 0 Å². The molecule has 5 nitrogen and oxygen atoms in total. The van der Waals surface area contributed by atoms with Crippen molar-refractivity contribution >= 4 is 15.8 Å². The molecule has 1 unspecified atom stereocenters. The van der Waals surface area contributed by atoms with E-state index in [9.17, 15) is 13.2 Å². The number of aliphatic carboxylic acids is 1. The van der Waals surface area contributed by atoms with Gasteiger partial charge < -0.3 is 10.4 Å². The Balaban J connectivity index is 2.99. The summed E-state index contributed by atoms with van der Waals surface area (Å²) in [6, 6.07) is 6.05. The van der Waals surface area contributed by atoms with E-state index in [0.717, 1.165) is 17.9 Å². The summed E-state index contributed by atoms with van der Waals surface area (Å²) in [7, 11) is -1.51. The fourth-order valence-electron chi connectivity index (χ4n) is 1.47. The lowest BCUT2D eigenvalue weighted by molar-refractivity contribution is -0.131. The van der Waals surface area contributed by atoms with Crippen molar-refractivity contribution in [1.82, 2.24) is 5.32 Å². The van der Waals surface area contributed by atoms with Gasteiger partial charge in [0.1, 0.15) is 0 Å². The Morgan fingerprint density at radius 2 is 1.89 bits per heavy atom. The number of carboxylic acid groups (broad SMARTS) is 1. The van der Waals surface area contributed by atoms with Crippen molar-refractivity contribution in [1.29, 1.82) is 0 Å². The molecule has 2 N–H and O–H groups in total. The van der Waals surface area contributed by atoms with Gasteiger partial charge in [-0.2, -0.15) is 0 Å². The lowest BCUT2D eigenvalue weighted by Crippen LogP contribution is -2.14. The lowest BCUT2D eigenvalue weighted by atomic mass is 10.1. The van der Waals surface area contributed by atoms with Crippen LogP contribution in [0.5, 0.6) is 0 Å². The van der Waals surface area contributed by atoms with E-state index in [1.54, 1.807) is 19.2 Å². The van der Waals surface area contributed by atoms with Gasteiger partial charge in [0, 0.05) is 12.3 Å². The number of carboxylic acids is 1. The fourth-order valence-corrected chi connectivity index (χ4v) is 2.11. The number of nitrogens with one attached hydrogen (secondary N) is 1. The summed E-state index contributed by atoms with van der Waals surface area (Å²) in [6.45, 7) is 0. The van der Waals surface area contributed by atoms with Crippen molar-refractivity contribution in [3.63, 3.8) is 0 Å². The molecule has 0 aromatic heterocycles. The van der Waals surface area contributed by atoms with E-state index in [1.807, 2.05) is 0 Å². The second-order valence-electron chi connectivity index (χ2n) is 3.80. The quantitative estimate of drug-likeness (QED) is 0.779. The summed E-state index contributed by atoms with van der Waals surface area (Å²) in [6.07, 6.45) is 3.69. The molecule has 1 aromatic rings. The van der Waals surface area contributed by atoms with Gasteiger partial charge in [-0.1, -0.05) is 18.2 Å². The predicted molar refractivity (Wildman–Crippen MR) is 68.1 cm³/mol. The average molecular weight is 269 g/mol. The maximum atomic E-state index is 11.3. The van der Waals surface area contributed by atoms with E-state index in [2.05, 4.69) is 5.32 Å². The molecule has 0 aliphatic carbocycles. The van der Waals surface area contributed by atoms with Crippen LogP contribution < -0.4 is 5.32 Å². The van der Waals surface area contributed by atoms with Crippen molar-refractivity contribution in [2.75, 3.05) is 13.3 Å². The van der Waals surface area contributed by atoms with Crippen LogP contribution in [0.15, 0.2) is 41.3 Å². The van der Waals surface area contributed by atoms with Crippen LogP contribution in [0.3, 0.4) is 0 Å². The molecule has 0 amide bonds. The Morgan fingerprint density at radius 3 is 2.28 bits per heavy atom. The number of sulfone groups is 1. The molecule has 0 aliphatic rings. The first-order valence-corrected chi connectivity index (χ1v) is 7.12. The first-order valence-electron chi connectivity index (χ1n) is 5.23. The third-order valence-electron chi connectivity index (χ3n) is 2.41. The highest BCUT2D eigenvalue weighted by Crippen LogP contribution is 2.17. The van der Waals surface area contributed by atoms with E-state index in [4.69, 9.17) is 5.11 Å². The zero-order valence-corrected chi connectivity index (χ0v) is 10.9. The van der Waals surface area contributed by atoms with Gasteiger partial charge in [0.15, 0.2) is 9.84 Å². The largest absolute Gasteiger partial charge is 0.478 e. The van der Waals surface area contributed by atoms with Gasteiger partial charge >= 0.3 is 5.97 Å². The molecule has 0 bridgehead atoms. The normalized spacial score (nSPS) is 13.7. The zero-order chi connectivity index (χ0) is 13.8. The number of rotatable bonds is 5. The minimum absolute atomic E-state index is 0.239. The van der Waals surface area contributed by atoms with Crippen LogP contribution in [0.25, 0.3) is 0 Å². The molecule has 6 heteroatoms. The molecule has 1 atom stereocenters. The molecule has 18 heavy (non-hydrogen) atoms. The summed E-state index contributed by atoms with van der Waals surface area (Å²) in [5.74, 6) is -1.02. The number of carbonyl (C=O) groups is 1. The van der Waals surface area contributed by atoms with Crippen LogP contribution in [-0.4, -0.2) is 32.8 Å². The molecule has 0 saturated carbocycles. The molecular weight excluding hydrogens is 254 g/mol. The SMILES string of the molecule is CNC(/C=C/C(=O)O)c1ccc(S(C)(=O)=O)cc1. The van der Waals surface area contributed by atoms with Crippen LogP contribution in [-0.2, 0) is 14.6 Å². The number of likely N-dealkylation sites (N-methyl/N-ethyl adjacent to an activating group) is 1. The lowest BCUT2D eigenvalue weighted by Gasteiger charge is -2.12. The van der Waals surface area contributed by atoms with E-state index in [-0.39, 0.29) is 10.9 Å². The summed E-state index contributed by atoms with van der Waals surface area (Å²) in [4.78, 5) is 10.7. The second kappa shape index (κ2) is 5.79. The molecule has 0 spiro atoms. The molecule has 0 aliphatic heterocycles. The van der Waals surface area contributed by atoms with Gasteiger partial charge in [-0.15, -0.1) is 0 Å². The van der Waals surface area contributed by atoms with Crippen molar-refractivity contribution in [3.05, 3.63) is 42.0 Å². The molecule has 0 heterocycles. The van der Waals surface area contributed by atoms with Crippen LogP contribution in [0.1, 0.15) is 11.6 Å². The predicted octanol–water partition coefficient (Wildman–Crippen LogP) is 0.991. The third kappa shape index (κ3) is 3.97. The summed E-state index contributed by atoms with van der Waals surface area (Å²) >= 11 is 0. The number of hydrogen-bond acceptors (Lipinski definition) is 4. The second-order valence-corrected chi connectivity index (χ2v) is 5.82. The Kier molecular flexibility index (Phi) is 4.63. The van der Waals surface area contributed by atoms with Crippen LogP contribution in [0.4, 0.5) is 0 Å². The Hall–Kier alpha value is -1.66. The maximum absolute atomic E-state index is 11.3. The van der Waals surface area contributed by atoms with Gasteiger partial charge in [0.25, 0.3) is 0 Å². The van der Waals surface area contributed by atoms with Crippen LogP contribution >= 0.6 is 0 Å². The molecule has 98 valence electrons. The summed E-state index contributed by atoms with van der Waals surface area (Å²) in [5, 5.41) is 11.5. The molecule has 0 saturated heterocycles. The molecule has 0 radical (unpaired) electrons. The highest BCUT2D eigenvalue weighted by molar-refractivity contribution is 7.90. The van der Waals surface area contributed by atoms with Crippen molar-refractivity contribution < 1.29 is 18.3 Å². The van der Waals surface area contributed by atoms with E-state index >= 15 is 0 Å². The average Bonchev–Trinajstić information content (AvgIpc) is 2.29.